The first-order valence-electron chi connectivity index (χ1n) is 30.6. The zero-order chi connectivity index (χ0) is 56.7. The fourth-order valence-corrected chi connectivity index (χ4v) is 14.0. The lowest BCUT2D eigenvalue weighted by molar-refractivity contribution is 0.643. The van der Waals surface area contributed by atoms with Crippen LogP contribution in [-0.4, -0.2) is 0 Å². The summed E-state index contributed by atoms with van der Waals surface area (Å²) in [6, 6.07) is 85.1. The molecule has 0 unspecified atom stereocenters. The molecule has 0 atom stereocenters. The predicted octanol–water partition coefficient (Wildman–Crippen LogP) is 24.6. The number of benzene rings is 12. The molecule has 84 heavy (non-hydrogen) atoms. The monoisotopic (exact) mass is 1090 g/mol. The third kappa shape index (κ3) is 9.26. The van der Waals surface area contributed by atoms with Crippen LogP contribution in [0.4, 0.5) is 34.1 Å². The summed E-state index contributed by atoms with van der Waals surface area (Å²) in [7, 11) is 0. The van der Waals surface area contributed by atoms with Crippen molar-refractivity contribution in [2.75, 3.05) is 9.80 Å². The smallest absolute Gasteiger partial charge is 0.159 e. The van der Waals surface area contributed by atoms with Crippen LogP contribution in [0.2, 0.25) is 0 Å². The van der Waals surface area contributed by atoms with Crippen LogP contribution in [0.1, 0.15) is 102 Å². The van der Waals surface area contributed by atoms with Crippen LogP contribution in [-0.2, 0) is 0 Å². The lowest BCUT2D eigenvalue weighted by Crippen LogP contribution is -2.12. The molecule has 14 aromatic rings. The maximum Gasteiger partial charge on any atom is 0.159 e. The molecular weight excluding hydrogens is 1020 g/mol. The van der Waals surface area contributed by atoms with Crippen molar-refractivity contribution < 1.29 is 8.83 Å². The van der Waals surface area contributed by atoms with Crippen molar-refractivity contribution in [1.82, 2.24) is 0 Å². The van der Waals surface area contributed by atoms with Gasteiger partial charge in [0.15, 0.2) is 11.2 Å². The van der Waals surface area contributed by atoms with E-state index in [-0.39, 0.29) is 0 Å². The highest BCUT2D eigenvalue weighted by Gasteiger charge is 2.29. The summed E-state index contributed by atoms with van der Waals surface area (Å²) >= 11 is 0. The molecule has 4 heteroatoms. The number of allylic oxidation sites excluding steroid dienone is 1. The minimum absolute atomic E-state index is 0.521. The van der Waals surface area contributed by atoms with Crippen LogP contribution in [0.5, 0.6) is 0 Å². The third-order valence-electron chi connectivity index (χ3n) is 17.7. The van der Waals surface area contributed by atoms with E-state index in [1.165, 1.54) is 134 Å². The lowest BCUT2D eigenvalue weighted by atomic mass is 9.91. The van der Waals surface area contributed by atoms with Crippen LogP contribution >= 0.6 is 0 Å². The molecule has 0 N–H and O–H groups in total. The van der Waals surface area contributed by atoms with Crippen LogP contribution in [0, 0.1) is 0 Å². The van der Waals surface area contributed by atoms with Gasteiger partial charge in [-0.15, -0.1) is 6.58 Å². The van der Waals surface area contributed by atoms with E-state index in [9.17, 15) is 0 Å². The minimum atomic E-state index is 0.521. The second kappa shape index (κ2) is 22.8. The molecule has 4 nitrogen and oxygen atoms in total. The molecule has 2 aliphatic rings. The van der Waals surface area contributed by atoms with E-state index in [2.05, 4.69) is 261 Å². The molecular formula is C80H70N2O2. The van der Waals surface area contributed by atoms with E-state index >= 15 is 0 Å². The summed E-state index contributed by atoms with van der Waals surface area (Å²) in [4.78, 5) is 4.90. The average Bonchev–Trinajstić information content (AvgIpc) is 4.54. The van der Waals surface area contributed by atoms with Gasteiger partial charge < -0.3 is 18.6 Å². The normalized spacial score (nSPS) is 13.8. The Labute approximate surface area is 493 Å². The van der Waals surface area contributed by atoms with E-state index in [1.807, 2.05) is 6.92 Å². The number of hydrogen-bond acceptors (Lipinski definition) is 4. The van der Waals surface area contributed by atoms with Crippen LogP contribution in [0.15, 0.2) is 252 Å². The Balaban J connectivity index is 0.00000101. The Morgan fingerprint density at radius 1 is 0.357 bits per heavy atom. The van der Waals surface area contributed by atoms with Gasteiger partial charge >= 0.3 is 0 Å². The molecule has 12 aromatic carbocycles. The van der Waals surface area contributed by atoms with Gasteiger partial charge in [0, 0.05) is 43.7 Å². The average molecular weight is 1090 g/mol. The minimum Gasteiger partial charge on any atom is -0.454 e. The van der Waals surface area contributed by atoms with Crippen molar-refractivity contribution >= 4 is 110 Å². The predicted molar refractivity (Wildman–Crippen MR) is 359 cm³/mol. The molecule has 0 amide bonds. The number of fused-ring (bicyclic) bond motifs is 6. The Morgan fingerprint density at radius 3 is 1.07 bits per heavy atom. The first-order chi connectivity index (χ1) is 41.5. The molecule has 2 fully saturated rings. The lowest BCUT2D eigenvalue weighted by Gasteiger charge is -2.29. The van der Waals surface area contributed by atoms with E-state index in [4.69, 9.17) is 8.83 Å². The van der Waals surface area contributed by atoms with E-state index < -0.39 is 0 Å². The van der Waals surface area contributed by atoms with Crippen molar-refractivity contribution in [3.63, 3.8) is 0 Å². The zero-order valence-corrected chi connectivity index (χ0v) is 48.5. The van der Waals surface area contributed by atoms with Crippen molar-refractivity contribution in [2.24, 2.45) is 0 Å². The Hall–Kier alpha value is -9.38. The summed E-state index contributed by atoms with van der Waals surface area (Å²) in [5.74, 6) is 1.04. The second-order valence-corrected chi connectivity index (χ2v) is 23.1. The van der Waals surface area contributed by atoms with Gasteiger partial charge in [0.25, 0.3) is 0 Å². The largest absolute Gasteiger partial charge is 0.454 e. The first kappa shape index (κ1) is 52.7. The van der Waals surface area contributed by atoms with E-state index in [1.54, 1.807) is 6.08 Å². The quantitative estimate of drug-likeness (QED) is 0.101. The first-order valence-corrected chi connectivity index (χ1v) is 30.6. The highest BCUT2D eigenvalue weighted by Crippen LogP contribution is 2.52. The molecule has 2 heterocycles. The van der Waals surface area contributed by atoms with Crippen molar-refractivity contribution in [2.45, 2.75) is 90.4 Å². The maximum atomic E-state index is 7.25. The van der Waals surface area contributed by atoms with Gasteiger partial charge in [-0.2, -0.15) is 0 Å². The van der Waals surface area contributed by atoms with Gasteiger partial charge in [0.1, 0.15) is 11.2 Å². The standard InChI is InChI=1S/C74H56N2O2.C3H8.C3H6/c1-3-15-47(16-4-1)49-31-39-55(40-32-49)75(67-29-13-27-61-59-25-11-23-57(51-19-7-8-20-51)71(59)77-73(61)67)65-45-37-53-36-44-64-66(46-38-54-35-43-63(65)69(53)70(54)64)76(56-41-33-50(34-42-56)48-17-5-2-6-18-48)68-30-14-28-62-60-26-12-24-58(52-21-9-10-22-52)72(60)78-74(62)68;2*1-3-2/h1-6,11-18,23-46,51-52H,7-10,19-22H2;3H2,1-2H3;3H,1H2,2H3. The van der Waals surface area contributed by atoms with Crippen LogP contribution in [0.25, 0.3) is 98.4 Å². The van der Waals surface area contributed by atoms with E-state index in [0.29, 0.717) is 11.8 Å². The highest BCUT2D eigenvalue weighted by atomic mass is 16.3. The number of nitrogens with zero attached hydrogens (tertiary/aromatic N) is 2. The molecule has 0 bridgehead atoms. The molecule has 0 aliphatic heterocycles. The van der Waals surface area contributed by atoms with Gasteiger partial charge in [-0.05, 0) is 148 Å². The Bertz CT molecular complexity index is 4340. The topological polar surface area (TPSA) is 32.8 Å². The Kier molecular flexibility index (Phi) is 14.3. The molecule has 412 valence electrons. The summed E-state index contributed by atoms with van der Waals surface area (Å²) in [5, 5.41) is 11.9. The molecule has 0 spiro atoms. The van der Waals surface area contributed by atoms with Crippen molar-refractivity contribution in [1.29, 1.82) is 0 Å². The Morgan fingerprint density at radius 2 is 0.690 bits per heavy atom. The number of rotatable bonds is 10. The van der Waals surface area contributed by atoms with Gasteiger partial charge in [0.05, 0.1) is 22.7 Å². The third-order valence-corrected chi connectivity index (χ3v) is 17.7. The van der Waals surface area contributed by atoms with Gasteiger partial charge in [0.2, 0.25) is 0 Å². The molecule has 2 saturated carbocycles. The number of para-hydroxylation sites is 4. The number of furan rings is 2. The number of hydrogen-bond donors (Lipinski definition) is 0. The second-order valence-electron chi connectivity index (χ2n) is 23.1. The molecule has 2 aromatic heterocycles. The van der Waals surface area contributed by atoms with Crippen molar-refractivity contribution in [3.05, 3.63) is 254 Å². The fourth-order valence-electron chi connectivity index (χ4n) is 14.0. The van der Waals surface area contributed by atoms with E-state index in [0.717, 1.165) is 67.2 Å². The number of anilines is 6. The highest BCUT2D eigenvalue weighted by molar-refractivity contribution is 6.29. The summed E-state index contributed by atoms with van der Waals surface area (Å²) in [6.07, 6.45) is 12.9. The van der Waals surface area contributed by atoms with Crippen LogP contribution in [0.3, 0.4) is 0 Å². The molecule has 2 aliphatic carbocycles. The van der Waals surface area contributed by atoms with Gasteiger partial charge in [-0.25, -0.2) is 0 Å². The summed E-state index contributed by atoms with van der Waals surface area (Å²) < 4.78 is 14.5. The van der Waals surface area contributed by atoms with Crippen LogP contribution < -0.4 is 9.80 Å². The van der Waals surface area contributed by atoms with Crippen molar-refractivity contribution in [3.8, 4) is 22.3 Å². The van der Waals surface area contributed by atoms with Gasteiger partial charge in [-0.3, -0.25) is 0 Å². The van der Waals surface area contributed by atoms with Gasteiger partial charge in [-0.1, -0.05) is 234 Å². The SMILES string of the molecule is C=CC.CCC.c1ccc(-c2ccc(N(c3ccc4ccc5c(N(c6ccc(-c7ccccc7)cc6)c6cccc7c6oc6c(C8CCCC8)cccc67)ccc6ccc3c4c65)c3cccc4c3oc3c(C5CCCC5)cccc34)cc2)cc1. The zero-order valence-electron chi connectivity index (χ0n) is 48.5. The fraction of sp³-hybridized carbons (Fsp3) is 0.175. The maximum absolute atomic E-state index is 7.25. The summed E-state index contributed by atoms with van der Waals surface area (Å²) in [6.45, 7) is 9.50. The molecule has 0 radical (unpaired) electrons. The summed E-state index contributed by atoms with van der Waals surface area (Å²) in [5.41, 5.74) is 17.7. The molecule has 0 saturated heterocycles. The molecule has 16 rings (SSSR count).